The molecule has 260 valence electrons. The summed E-state index contributed by atoms with van der Waals surface area (Å²) in [7, 11) is 1.94. The molecule has 2 N–H and O–H groups in total. The van der Waals surface area contributed by atoms with Crippen LogP contribution in [0.2, 0.25) is 0 Å². The smallest absolute Gasteiger partial charge is 0.243 e. The van der Waals surface area contributed by atoms with Gasteiger partial charge in [0.25, 0.3) is 0 Å². The maximum absolute atomic E-state index is 14.1. The van der Waals surface area contributed by atoms with Crippen LogP contribution in [0.25, 0.3) is 11.3 Å². The number of aromatic nitrogens is 3. The molecular formula is C37H53N7O4. The van der Waals surface area contributed by atoms with E-state index in [0.29, 0.717) is 24.6 Å². The number of piperidine rings is 2. The van der Waals surface area contributed by atoms with E-state index in [1.165, 1.54) is 0 Å². The van der Waals surface area contributed by atoms with Gasteiger partial charge in [0, 0.05) is 57.9 Å². The molecule has 2 amide bonds. The Kier molecular flexibility index (Phi) is 10.6. The number of hydrogen-bond acceptors (Lipinski definition) is 8. The molecule has 2 aromatic heterocycles. The number of anilines is 1. The van der Waals surface area contributed by atoms with Crippen molar-refractivity contribution in [2.75, 3.05) is 44.2 Å². The first-order chi connectivity index (χ1) is 23.1. The number of aryl methyl sites for hydroxylation is 2. The highest BCUT2D eigenvalue weighted by molar-refractivity contribution is 5.91. The minimum atomic E-state index is -0.512. The minimum absolute atomic E-state index is 0.0167. The number of nitrogens with one attached hydrogen (secondary N) is 1. The van der Waals surface area contributed by atoms with Crippen molar-refractivity contribution in [2.45, 2.75) is 90.3 Å². The first-order valence-electron chi connectivity index (χ1n) is 17.9. The van der Waals surface area contributed by atoms with Gasteiger partial charge in [-0.25, -0.2) is 0 Å². The first kappa shape index (κ1) is 34.2. The number of benzene rings is 1. The van der Waals surface area contributed by atoms with Gasteiger partial charge in [-0.3, -0.25) is 14.3 Å². The van der Waals surface area contributed by atoms with E-state index in [0.717, 1.165) is 93.0 Å². The van der Waals surface area contributed by atoms with Crippen molar-refractivity contribution in [3.8, 4) is 11.3 Å². The predicted molar refractivity (Wildman–Crippen MR) is 185 cm³/mol. The number of likely N-dealkylation sites (tertiary alicyclic amines) is 2. The lowest BCUT2D eigenvalue weighted by Gasteiger charge is -2.36. The molecule has 1 aromatic carbocycles. The van der Waals surface area contributed by atoms with E-state index in [2.05, 4.69) is 37.5 Å². The van der Waals surface area contributed by atoms with Gasteiger partial charge < -0.3 is 29.6 Å². The summed E-state index contributed by atoms with van der Waals surface area (Å²) < 4.78 is 7.75. The summed E-state index contributed by atoms with van der Waals surface area (Å²) in [6, 6.07) is 9.45. The molecule has 0 saturated carbocycles. The van der Waals surface area contributed by atoms with E-state index in [-0.39, 0.29) is 29.9 Å². The Hall–Kier alpha value is -3.70. The van der Waals surface area contributed by atoms with Crippen LogP contribution in [0.5, 0.6) is 0 Å². The number of carbonyl (C=O) groups excluding carboxylic acids is 2. The van der Waals surface area contributed by atoms with Crippen molar-refractivity contribution in [3.05, 3.63) is 53.4 Å². The quantitative estimate of drug-likeness (QED) is 0.323. The normalized spacial score (nSPS) is 21.2. The van der Waals surface area contributed by atoms with Crippen LogP contribution in [-0.4, -0.2) is 93.1 Å². The molecule has 0 spiro atoms. The van der Waals surface area contributed by atoms with Crippen LogP contribution in [-0.2, 0) is 16.6 Å². The molecule has 3 fully saturated rings. The lowest BCUT2D eigenvalue weighted by molar-refractivity contribution is -0.141. The molecule has 0 radical (unpaired) electrons. The van der Waals surface area contributed by atoms with Gasteiger partial charge in [0.15, 0.2) is 11.6 Å². The average molecular weight is 660 g/mol. The Morgan fingerprint density at radius 1 is 1.00 bits per heavy atom. The third-order valence-corrected chi connectivity index (χ3v) is 10.8. The molecule has 3 saturated heterocycles. The minimum Gasteiger partial charge on any atom is -0.393 e. The van der Waals surface area contributed by atoms with E-state index < -0.39 is 12.0 Å². The molecular weight excluding hydrogens is 606 g/mol. The molecule has 3 aliphatic rings. The van der Waals surface area contributed by atoms with Gasteiger partial charge in [0.2, 0.25) is 11.8 Å². The highest BCUT2D eigenvalue weighted by atomic mass is 16.5. The van der Waals surface area contributed by atoms with Crippen molar-refractivity contribution in [1.82, 2.24) is 30.1 Å². The summed E-state index contributed by atoms with van der Waals surface area (Å²) in [6.45, 7) is 13.5. The number of nitrogens with zero attached hydrogens (tertiary/aromatic N) is 6. The van der Waals surface area contributed by atoms with Gasteiger partial charge in [-0.1, -0.05) is 43.3 Å². The molecule has 3 unspecified atom stereocenters. The number of rotatable bonds is 10. The Balaban J connectivity index is 1.05. The van der Waals surface area contributed by atoms with Crippen LogP contribution in [0, 0.1) is 18.8 Å². The van der Waals surface area contributed by atoms with Crippen LogP contribution in [0.1, 0.15) is 88.1 Å². The van der Waals surface area contributed by atoms with Crippen molar-refractivity contribution >= 4 is 17.6 Å². The van der Waals surface area contributed by atoms with E-state index in [1.807, 2.05) is 63.8 Å². The van der Waals surface area contributed by atoms with Crippen molar-refractivity contribution in [2.24, 2.45) is 18.9 Å². The molecule has 11 nitrogen and oxygen atoms in total. The molecule has 11 heteroatoms. The Morgan fingerprint density at radius 3 is 2.35 bits per heavy atom. The summed E-state index contributed by atoms with van der Waals surface area (Å²) in [5, 5.41) is 21.8. The zero-order valence-corrected chi connectivity index (χ0v) is 29.3. The van der Waals surface area contributed by atoms with Crippen molar-refractivity contribution in [3.63, 3.8) is 0 Å². The molecule has 0 aliphatic carbocycles. The monoisotopic (exact) mass is 659 g/mol. The van der Waals surface area contributed by atoms with Gasteiger partial charge in [-0.05, 0) is 75.3 Å². The largest absolute Gasteiger partial charge is 0.393 e. The van der Waals surface area contributed by atoms with Gasteiger partial charge in [-0.2, -0.15) is 5.10 Å². The SMILES string of the molecule is Cc1cnn(C)c1-c1ccc(C(C)NC(=O)C2CCCN2C(=O)C(c2cc(N3CCC(CN4CCC(O)CC4)CC3)no2)C(C)C)cc1. The highest BCUT2D eigenvalue weighted by Crippen LogP contribution is 2.34. The zero-order valence-electron chi connectivity index (χ0n) is 29.3. The second-order valence-corrected chi connectivity index (χ2v) is 14.6. The second kappa shape index (κ2) is 14.8. The number of amides is 2. The third kappa shape index (κ3) is 7.47. The lowest BCUT2D eigenvalue weighted by Crippen LogP contribution is -2.48. The molecule has 3 atom stereocenters. The van der Waals surface area contributed by atoms with Crippen LogP contribution in [0.3, 0.4) is 0 Å². The van der Waals surface area contributed by atoms with E-state index in [1.54, 1.807) is 4.90 Å². The molecule has 6 rings (SSSR count). The summed E-state index contributed by atoms with van der Waals surface area (Å²) in [5.41, 5.74) is 4.28. The number of aliphatic hydroxyl groups is 1. The van der Waals surface area contributed by atoms with Gasteiger partial charge >= 0.3 is 0 Å². The number of aliphatic hydroxyl groups excluding tert-OH is 1. The lowest BCUT2D eigenvalue weighted by atomic mass is 9.91. The average Bonchev–Trinajstić information content (AvgIpc) is 3.83. The fraction of sp³-hybridized carbons (Fsp3) is 0.622. The molecule has 5 heterocycles. The Morgan fingerprint density at radius 2 is 1.71 bits per heavy atom. The summed E-state index contributed by atoms with van der Waals surface area (Å²) in [6.07, 6.45) is 7.08. The van der Waals surface area contributed by atoms with Crippen LogP contribution < -0.4 is 10.2 Å². The van der Waals surface area contributed by atoms with Crippen LogP contribution in [0.4, 0.5) is 5.82 Å². The maximum Gasteiger partial charge on any atom is 0.243 e. The van der Waals surface area contributed by atoms with E-state index in [4.69, 9.17) is 4.52 Å². The fourth-order valence-corrected chi connectivity index (χ4v) is 7.89. The summed E-state index contributed by atoms with van der Waals surface area (Å²) >= 11 is 0. The van der Waals surface area contributed by atoms with E-state index >= 15 is 0 Å². The topological polar surface area (TPSA) is 120 Å². The first-order valence-corrected chi connectivity index (χ1v) is 17.9. The standard InChI is InChI=1S/C37H53N7O4/c1-24(2)34(32-21-33(40-48-32)43-19-12-27(13-20-43)23-42-17-14-30(45)15-18-42)37(47)44-16-6-7-31(44)36(46)39-26(4)28-8-10-29(11-9-28)35-25(3)22-38-41(35)5/h8-11,21-22,24,26-27,30-31,34,45H,6-7,12-20,23H2,1-5H3,(H,39,46). The zero-order chi connectivity index (χ0) is 33.9. The Bertz CT molecular complexity index is 1510. The third-order valence-electron chi connectivity index (χ3n) is 10.8. The van der Waals surface area contributed by atoms with Gasteiger partial charge in [-0.15, -0.1) is 0 Å². The molecule has 0 bridgehead atoms. The number of hydrogen-bond donors (Lipinski definition) is 2. The summed E-state index contributed by atoms with van der Waals surface area (Å²) in [4.78, 5) is 34.3. The fourth-order valence-electron chi connectivity index (χ4n) is 7.89. The van der Waals surface area contributed by atoms with Gasteiger partial charge in [0.05, 0.1) is 24.0 Å². The molecule has 48 heavy (non-hydrogen) atoms. The predicted octanol–water partition coefficient (Wildman–Crippen LogP) is 4.66. The Labute approximate surface area is 284 Å². The maximum atomic E-state index is 14.1. The van der Waals surface area contributed by atoms with Crippen molar-refractivity contribution < 1.29 is 19.2 Å². The number of carbonyl (C=O) groups is 2. The van der Waals surface area contributed by atoms with Crippen LogP contribution >= 0.6 is 0 Å². The highest BCUT2D eigenvalue weighted by Gasteiger charge is 2.40. The van der Waals surface area contributed by atoms with E-state index in [9.17, 15) is 14.7 Å². The van der Waals surface area contributed by atoms with Gasteiger partial charge in [0.1, 0.15) is 12.0 Å². The van der Waals surface area contributed by atoms with Crippen LogP contribution in [0.15, 0.2) is 41.1 Å². The summed E-state index contributed by atoms with van der Waals surface area (Å²) in [5.74, 6) is 1.29. The molecule has 3 aromatic rings. The second-order valence-electron chi connectivity index (χ2n) is 14.6. The van der Waals surface area contributed by atoms with Crippen molar-refractivity contribution in [1.29, 1.82) is 0 Å². The molecule has 3 aliphatic heterocycles.